The quantitative estimate of drug-likeness (QED) is 0.207. The molecule has 0 bridgehead atoms. The molecule has 1 aliphatic carbocycles. The molecule has 0 radical (unpaired) electrons. The zero-order valence-corrected chi connectivity index (χ0v) is 22.7. The second-order valence-electron chi connectivity index (χ2n) is 10.2. The van der Waals surface area contributed by atoms with Gasteiger partial charge in [0.2, 0.25) is 5.95 Å². The van der Waals surface area contributed by atoms with E-state index in [1.54, 1.807) is 23.6 Å². The maximum Gasteiger partial charge on any atom is 0.224 e. The first-order valence-corrected chi connectivity index (χ1v) is 14.3. The molecule has 6 rings (SSSR count). The maximum absolute atomic E-state index is 9.84. The number of nitriles is 1. The Morgan fingerprint density at radius 1 is 0.925 bits per heavy atom. The molecule has 0 atom stereocenters. The van der Waals surface area contributed by atoms with Crippen molar-refractivity contribution in [3.63, 3.8) is 0 Å². The fraction of sp³-hybridized carbons (Fsp3) is 0.258. The molecule has 0 aliphatic heterocycles. The summed E-state index contributed by atoms with van der Waals surface area (Å²) in [5.41, 5.74) is 5.37. The summed E-state index contributed by atoms with van der Waals surface area (Å²) in [5.74, 6) is 1.79. The Labute approximate surface area is 236 Å². The standard InChI is InChI=1S/C31H29N7OS/c32-17-24-10-8-23(19-33-24)22-9-13-27-28(15-22)40-31(36-27)38-29-16-25(14-20-4-2-1-3-5-20)35-30(37-29)34-18-21-6-11-26(39)12-7-21/h1-5,8-10,13,15-16,19,21,26,39H,6-7,11-12,14,18H2,(H2,34,35,36,37,38). The number of nitrogens with one attached hydrogen (secondary N) is 2. The molecule has 0 spiro atoms. The first-order chi connectivity index (χ1) is 19.6. The number of thiazole rings is 1. The van der Waals surface area contributed by atoms with Gasteiger partial charge in [-0.15, -0.1) is 0 Å². The van der Waals surface area contributed by atoms with E-state index >= 15 is 0 Å². The van der Waals surface area contributed by atoms with Crippen LogP contribution in [0.2, 0.25) is 0 Å². The second-order valence-corrected chi connectivity index (χ2v) is 11.2. The summed E-state index contributed by atoms with van der Waals surface area (Å²) in [6.07, 6.45) is 5.99. The lowest BCUT2D eigenvalue weighted by Gasteiger charge is -2.25. The van der Waals surface area contributed by atoms with Crippen LogP contribution in [0.1, 0.15) is 42.6 Å². The van der Waals surface area contributed by atoms with Crippen molar-refractivity contribution in [1.29, 1.82) is 5.26 Å². The Morgan fingerprint density at radius 3 is 2.52 bits per heavy atom. The van der Waals surface area contributed by atoms with E-state index in [1.165, 1.54) is 5.56 Å². The van der Waals surface area contributed by atoms with E-state index < -0.39 is 0 Å². The molecule has 8 nitrogen and oxygen atoms in total. The van der Waals surface area contributed by atoms with Crippen LogP contribution in [-0.4, -0.2) is 37.7 Å². The van der Waals surface area contributed by atoms with Crippen molar-refractivity contribution in [2.45, 2.75) is 38.2 Å². The maximum atomic E-state index is 9.84. The monoisotopic (exact) mass is 547 g/mol. The van der Waals surface area contributed by atoms with Gasteiger partial charge < -0.3 is 15.7 Å². The lowest BCUT2D eigenvalue weighted by molar-refractivity contribution is 0.111. The molecular formula is C31H29N7OS. The van der Waals surface area contributed by atoms with Gasteiger partial charge in [-0.25, -0.2) is 15.0 Å². The molecule has 0 saturated heterocycles. The number of aromatic nitrogens is 4. The van der Waals surface area contributed by atoms with Gasteiger partial charge in [-0.2, -0.15) is 10.2 Å². The number of anilines is 3. The number of nitrogens with zero attached hydrogens (tertiary/aromatic N) is 5. The number of rotatable bonds is 8. The van der Waals surface area contributed by atoms with E-state index in [-0.39, 0.29) is 6.10 Å². The van der Waals surface area contributed by atoms with Crippen LogP contribution >= 0.6 is 11.3 Å². The van der Waals surface area contributed by atoms with Crippen molar-refractivity contribution in [1.82, 2.24) is 19.9 Å². The zero-order valence-electron chi connectivity index (χ0n) is 21.9. The molecule has 9 heteroatoms. The third-order valence-corrected chi connectivity index (χ3v) is 8.14. The number of aliphatic hydroxyl groups excluding tert-OH is 1. The average Bonchev–Trinajstić information content (AvgIpc) is 3.39. The van der Waals surface area contributed by atoms with Crippen LogP contribution < -0.4 is 10.6 Å². The van der Waals surface area contributed by atoms with Crippen molar-refractivity contribution in [2.75, 3.05) is 17.2 Å². The van der Waals surface area contributed by atoms with Crippen LogP contribution in [0.3, 0.4) is 0 Å². The van der Waals surface area contributed by atoms with E-state index in [1.807, 2.05) is 42.5 Å². The Bertz CT molecular complexity index is 1640. The van der Waals surface area contributed by atoms with Crippen molar-refractivity contribution in [3.8, 4) is 17.2 Å². The third-order valence-electron chi connectivity index (χ3n) is 7.21. The predicted molar refractivity (Wildman–Crippen MR) is 159 cm³/mol. The fourth-order valence-electron chi connectivity index (χ4n) is 5.02. The molecule has 5 aromatic rings. The van der Waals surface area contributed by atoms with Gasteiger partial charge in [-0.1, -0.05) is 47.7 Å². The first kappa shape index (κ1) is 25.9. The molecule has 0 unspecified atom stereocenters. The molecule has 2 aromatic carbocycles. The van der Waals surface area contributed by atoms with Crippen LogP contribution in [0, 0.1) is 17.2 Å². The van der Waals surface area contributed by atoms with Gasteiger partial charge in [-0.05, 0) is 67.0 Å². The number of aliphatic hydroxyl groups is 1. The highest BCUT2D eigenvalue weighted by Crippen LogP contribution is 2.32. The summed E-state index contributed by atoms with van der Waals surface area (Å²) in [4.78, 5) is 18.6. The SMILES string of the molecule is N#Cc1ccc(-c2ccc3nc(Nc4cc(Cc5ccccc5)nc(NCC5CCC(O)CC5)n4)sc3c2)cn1. The summed E-state index contributed by atoms with van der Waals surface area (Å²) in [5, 5.41) is 26.5. The first-order valence-electron chi connectivity index (χ1n) is 13.5. The summed E-state index contributed by atoms with van der Waals surface area (Å²) in [6.45, 7) is 0.787. The molecule has 3 aromatic heterocycles. The van der Waals surface area contributed by atoms with E-state index in [2.05, 4.69) is 39.9 Å². The van der Waals surface area contributed by atoms with Gasteiger partial charge in [0.05, 0.1) is 22.0 Å². The fourth-order valence-corrected chi connectivity index (χ4v) is 5.93. The molecule has 1 aliphatic rings. The minimum absolute atomic E-state index is 0.164. The van der Waals surface area contributed by atoms with E-state index in [9.17, 15) is 5.11 Å². The number of pyridine rings is 1. The normalized spacial score (nSPS) is 16.9. The lowest BCUT2D eigenvalue weighted by Crippen LogP contribution is -2.24. The Hall–Kier alpha value is -4.39. The smallest absolute Gasteiger partial charge is 0.224 e. The van der Waals surface area contributed by atoms with E-state index in [0.29, 0.717) is 29.8 Å². The van der Waals surface area contributed by atoms with Crippen LogP contribution in [-0.2, 0) is 6.42 Å². The molecule has 1 fully saturated rings. The van der Waals surface area contributed by atoms with Crippen LogP contribution in [0.15, 0.2) is 72.9 Å². The van der Waals surface area contributed by atoms with Gasteiger partial charge in [0.15, 0.2) is 5.13 Å². The molecule has 200 valence electrons. The Morgan fingerprint density at radius 2 is 1.75 bits per heavy atom. The van der Waals surface area contributed by atoms with Crippen molar-refractivity contribution >= 4 is 38.5 Å². The van der Waals surface area contributed by atoms with E-state index in [4.69, 9.17) is 20.2 Å². The number of hydrogen-bond donors (Lipinski definition) is 3. The lowest BCUT2D eigenvalue weighted by atomic mass is 9.87. The van der Waals surface area contributed by atoms with Gasteiger partial charge >= 0.3 is 0 Å². The Balaban J connectivity index is 1.23. The van der Waals surface area contributed by atoms with Gasteiger partial charge in [0.25, 0.3) is 0 Å². The van der Waals surface area contributed by atoms with Crippen molar-refractivity contribution in [2.24, 2.45) is 5.92 Å². The van der Waals surface area contributed by atoms with Gasteiger partial charge in [0, 0.05) is 30.8 Å². The average molecular weight is 548 g/mol. The molecular weight excluding hydrogens is 518 g/mol. The number of benzene rings is 2. The minimum Gasteiger partial charge on any atom is -0.393 e. The highest BCUT2D eigenvalue weighted by Gasteiger charge is 2.19. The minimum atomic E-state index is -0.164. The number of hydrogen-bond acceptors (Lipinski definition) is 9. The second kappa shape index (κ2) is 11.8. The van der Waals surface area contributed by atoms with Crippen LogP contribution in [0.25, 0.3) is 21.3 Å². The van der Waals surface area contributed by atoms with Crippen molar-refractivity contribution < 1.29 is 5.11 Å². The van der Waals surface area contributed by atoms with Crippen molar-refractivity contribution in [3.05, 3.63) is 89.9 Å². The third kappa shape index (κ3) is 6.25. The summed E-state index contributed by atoms with van der Waals surface area (Å²) >= 11 is 1.56. The summed E-state index contributed by atoms with van der Waals surface area (Å²) < 4.78 is 1.04. The highest BCUT2D eigenvalue weighted by molar-refractivity contribution is 7.22. The number of fused-ring (bicyclic) bond motifs is 1. The largest absolute Gasteiger partial charge is 0.393 e. The van der Waals surface area contributed by atoms with Gasteiger partial charge in [-0.3, -0.25) is 0 Å². The van der Waals surface area contributed by atoms with Crippen LogP contribution in [0.5, 0.6) is 0 Å². The molecule has 3 N–H and O–H groups in total. The van der Waals surface area contributed by atoms with E-state index in [0.717, 1.165) is 64.4 Å². The highest BCUT2D eigenvalue weighted by atomic mass is 32.1. The van der Waals surface area contributed by atoms with Gasteiger partial charge in [0.1, 0.15) is 17.6 Å². The molecule has 0 amide bonds. The molecule has 1 saturated carbocycles. The molecule has 3 heterocycles. The zero-order chi connectivity index (χ0) is 27.3. The topological polar surface area (TPSA) is 120 Å². The Kier molecular flexibility index (Phi) is 7.62. The summed E-state index contributed by atoms with van der Waals surface area (Å²) in [6, 6.07) is 24.1. The summed E-state index contributed by atoms with van der Waals surface area (Å²) in [7, 11) is 0. The van der Waals surface area contributed by atoms with Crippen LogP contribution in [0.4, 0.5) is 16.9 Å². The molecule has 40 heavy (non-hydrogen) atoms. The predicted octanol–water partition coefficient (Wildman–Crippen LogP) is 6.32.